The van der Waals surface area contributed by atoms with Gasteiger partial charge in [-0.15, -0.1) is 0 Å². The van der Waals surface area contributed by atoms with Gasteiger partial charge in [0.15, 0.2) is 0 Å². The topological polar surface area (TPSA) is 72.2 Å². The van der Waals surface area contributed by atoms with Gasteiger partial charge in [0.25, 0.3) is 5.91 Å². The first-order chi connectivity index (χ1) is 16.6. The quantitative estimate of drug-likeness (QED) is 0.453. The molecule has 7 heteroatoms. The van der Waals surface area contributed by atoms with Gasteiger partial charge in [-0.2, -0.15) is 0 Å². The maximum atomic E-state index is 13.5. The standard InChI is InChI=1S/C27H30N2O5/c1-32-23-11-5-10-22(16-23)27(31)29(19-25-13-7-15-34-25)20-26(30)28(18-24-12-6-14-33-24)17-21-8-3-2-4-9-21/h2-6,8-12,14,16,25H,7,13,15,17-20H2,1H3. The zero-order valence-electron chi connectivity index (χ0n) is 19.4. The molecule has 34 heavy (non-hydrogen) atoms. The summed E-state index contributed by atoms with van der Waals surface area (Å²) in [7, 11) is 1.56. The van der Waals surface area contributed by atoms with Crippen molar-refractivity contribution in [2.24, 2.45) is 0 Å². The number of methoxy groups -OCH3 is 1. The molecular weight excluding hydrogens is 432 g/mol. The van der Waals surface area contributed by atoms with E-state index in [1.807, 2.05) is 36.4 Å². The first-order valence-corrected chi connectivity index (χ1v) is 11.5. The van der Waals surface area contributed by atoms with E-state index < -0.39 is 0 Å². The van der Waals surface area contributed by atoms with Gasteiger partial charge >= 0.3 is 0 Å². The monoisotopic (exact) mass is 462 g/mol. The molecule has 1 fully saturated rings. The molecule has 0 saturated carbocycles. The normalized spacial score (nSPS) is 15.1. The van der Waals surface area contributed by atoms with Crippen LogP contribution in [-0.4, -0.2) is 54.5 Å². The third-order valence-corrected chi connectivity index (χ3v) is 5.87. The molecule has 1 aliphatic heterocycles. The summed E-state index contributed by atoms with van der Waals surface area (Å²) in [5.74, 6) is 0.904. The molecule has 2 aromatic carbocycles. The van der Waals surface area contributed by atoms with Crippen molar-refractivity contribution in [3.05, 3.63) is 89.9 Å². The predicted octanol–water partition coefficient (Wildman–Crippen LogP) is 4.14. The average molecular weight is 463 g/mol. The first kappa shape index (κ1) is 23.6. The number of hydrogen-bond acceptors (Lipinski definition) is 5. The summed E-state index contributed by atoms with van der Waals surface area (Å²) in [6.07, 6.45) is 3.35. The van der Waals surface area contributed by atoms with Crippen LogP contribution in [0.25, 0.3) is 0 Å². The van der Waals surface area contributed by atoms with Crippen molar-refractivity contribution in [2.75, 3.05) is 26.8 Å². The summed E-state index contributed by atoms with van der Waals surface area (Å²) in [6.45, 7) is 1.73. The number of amides is 2. The van der Waals surface area contributed by atoms with E-state index in [2.05, 4.69) is 0 Å². The summed E-state index contributed by atoms with van der Waals surface area (Å²) in [4.78, 5) is 30.3. The minimum absolute atomic E-state index is 0.0521. The molecule has 3 aromatic rings. The molecule has 0 aliphatic carbocycles. The van der Waals surface area contributed by atoms with Crippen LogP contribution in [-0.2, 0) is 22.6 Å². The van der Waals surface area contributed by atoms with Gasteiger partial charge in [-0.25, -0.2) is 0 Å². The summed E-state index contributed by atoms with van der Waals surface area (Å²) >= 11 is 0. The fraction of sp³-hybridized carbons (Fsp3) is 0.333. The highest BCUT2D eigenvalue weighted by molar-refractivity contribution is 5.96. The molecule has 4 rings (SSSR count). The molecular formula is C27H30N2O5. The Morgan fingerprint density at radius 2 is 1.85 bits per heavy atom. The summed E-state index contributed by atoms with van der Waals surface area (Å²) < 4.78 is 16.6. The van der Waals surface area contributed by atoms with Crippen molar-refractivity contribution in [2.45, 2.75) is 32.0 Å². The van der Waals surface area contributed by atoms with Gasteiger partial charge < -0.3 is 23.7 Å². The van der Waals surface area contributed by atoms with Crippen LogP contribution in [0, 0.1) is 0 Å². The second kappa shape index (κ2) is 11.5. The molecule has 178 valence electrons. The highest BCUT2D eigenvalue weighted by Crippen LogP contribution is 2.19. The second-order valence-corrected chi connectivity index (χ2v) is 8.37. The number of carbonyl (C=O) groups excluding carboxylic acids is 2. The van der Waals surface area contributed by atoms with E-state index in [9.17, 15) is 9.59 Å². The maximum Gasteiger partial charge on any atom is 0.254 e. The van der Waals surface area contributed by atoms with E-state index in [0.29, 0.717) is 43.3 Å². The lowest BCUT2D eigenvalue weighted by atomic mass is 10.1. The largest absolute Gasteiger partial charge is 0.497 e. The van der Waals surface area contributed by atoms with Crippen LogP contribution >= 0.6 is 0 Å². The van der Waals surface area contributed by atoms with Crippen molar-refractivity contribution < 1.29 is 23.5 Å². The van der Waals surface area contributed by atoms with Crippen molar-refractivity contribution in [3.8, 4) is 5.75 Å². The van der Waals surface area contributed by atoms with Crippen LogP contribution < -0.4 is 4.74 Å². The molecule has 1 aromatic heterocycles. The molecule has 1 saturated heterocycles. The van der Waals surface area contributed by atoms with E-state index in [4.69, 9.17) is 13.9 Å². The molecule has 1 unspecified atom stereocenters. The van der Waals surface area contributed by atoms with E-state index in [1.165, 1.54) is 0 Å². The summed E-state index contributed by atoms with van der Waals surface area (Å²) in [6, 6.07) is 20.4. The van der Waals surface area contributed by atoms with E-state index in [-0.39, 0.29) is 24.5 Å². The van der Waals surface area contributed by atoms with Crippen LogP contribution in [0.2, 0.25) is 0 Å². The molecule has 2 amide bonds. The molecule has 1 aliphatic rings. The van der Waals surface area contributed by atoms with Crippen molar-refractivity contribution >= 4 is 11.8 Å². The lowest BCUT2D eigenvalue weighted by Gasteiger charge is -2.29. The lowest BCUT2D eigenvalue weighted by molar-refractivity contribution is -0.133. The Hall–Kier alpha value is -3.58. The molecule has 0 bridgehead atoms. The number of furan rings is 1. The number of ether oxygens (including phenoxy) is 2. The van der Waals surface area contributed by atoms with Crippen molar-refractivity contribution in [1.29, 1.82) is 0 Å². The molecule has 1 atom stereocenters. The fourth-order valence-corrected chi connectivity index (χ4v) is 4.08. The predicted molar refractivity (Wildman–Crippen MR) is 127 cm³/mol. The summed E-state index contributed by atoms with van der Waals surface area (Å²) in [5.41, 5.74) is 1.48. The molecule has 0 spiro atoms. The Balaban J connectivity index is 1.55. The van der Waals surface area contributed by atoms with Crippen molar-refractivity contribution in [1.82, 2.24) is 9.80 Å². The Labute approximate surface area is 199 Å². The summed E-state index contributed by atoms with van der Waals surface area (Å²) in [5, 5.41) is 0. The lowest BCUT2D eigenvalue weighted by Crippen LogP contribution is -2.45. The fourth-order valence-electron chi connectivity index (χ4n) is 4.08. The molecule has 0 radical (unpaired) electrons. The minimum Gasteiger partial charge on any atom is -0.497 e. The average Bonchev–Trinajstić information content (AvgIpc) is 3.58. The van der Waals surface area contributed by atoms with Gasteiger partial charge in [-0.05, 0) is 48.7 Å². The number of rotatable bonds is 10. The smallest absolute Gasteiger partial charge is 0.254 e. The zero-order chi connectivity index (χ0) is 23.8. The van der Waals surface area contributed by atoms with Gasteiger partial charge in [0.1, 0.15) is 18.1 Å². The van der Waals surface area contributed by atoms with Crippen LogP contribution in [0.3, 0.4) is 0 Å². The third-order valence-electron chi connectivity index (χ3n) is 5.87. The number of benzene rings is 2. The second-order valence-electron chi connectivity index (χ2n) is 8.37. The Kier molecular flexibility index (Phi) is 7.99. The van der Waals surface area contributed by atoms with E-state index in [0.717, 1.165) is 18.4 Å². The van der Waals surface area contributed by atoms with Crippen LogP contribution in [0.1, 0.15) is 34.5 Å². The molecule has 7 nitrogen and oxygen atoms in total. The maximum absolute atomic E-state index is 13.5. The Morgan fingerprint density at radius 3 is 2.56 bits per heavy atom. The third kappa shape index (κ3) is 6.26. The van der Waals surface area contributed by atoms with Gasteiger partial charge in [0.05, 0.1) is 26.0 Å². The van der Waals surface area contributed by atoms with Crippen molar-refractivity contribution in [3.63, 3.8) is 0 Å². The number of carbonyl (C=O) groups is 2. The van der Waals surface area contributed by atoms with Gasteiger partial charge in [0.2, 0.25) is 5.91 Å². The van der Waals surface area contributed by atoms with Gasteiger partial charge in [-0.1, -0.05) is 36.4 Å². The Morgan fingerprint density at radius 1 is 1.00 bits per heavy atom. The van der Waals surface area contributed by atoms with Crippen LogP contribution in [0.15, 0.2) is 77.4 Å². The minimum atomic E-state index is -0.222. The zero-order valence-corrected chi connectivity index (χ0v) is 19.4. The highest BCUT2D eigenvalue weighted by Gasteiger charge is 2.27. The first-order valence-electron chi connectivity index (χ1n) is 11.5. The van der Waals surface area contributed by atoms with Crippen LogP contribution in [0.4, 0.5) is 0 Å². The molecule has 2 heterocycles. The SMILES string of the molecule is COc1cccc(C(=O)N(CC(=O)N(Cc2ccccc2)Cc2ccco2)CC2CCCO2)c1. The highest BCUT2D eigenvalue weighted by atomic mass is 16.5. The number of hydrogen-bond donors (Lipinski definition) is 0. The number of nitrogens with zero attached hydrogens (tertiary/aromatic N) is 2. The molecule has 0 N–H and O–H groups in total. The Bertz CT molecular complexity index is 1060. The van der Waals surface area contributed by atoms with Gasteiger partial charge in [0, 0.05) is 25.3 Å². The van der Waals surface area contributed by atoms with Crippen LogP contribution in [0.5, 0.6) is 5.75 Å². The van der Waals surface area contributed by atoms with E-state index in [1.54, 1.807) is 53.5 Å². The van der Waals surface area contributed by atoms with E-state index >= 15 is 0 Å². The van der Waals surface area contributed by atoms with Gasteiger partial charge in [-0.3, -0.25) is 9.59 Å².